The van der Waals surface area contributed by atoms with Crippen molar-refractivity contribution in [2.45, 2.75) is 45.8 Å². The van der Waals surface area contributed by atoms with Crippen molar-refractivity contribution in [2.75, 3.05) is 10.8 Å². The van der Waals surface area contributed by atoms with Crippen LogP contribution in [0.3, 0.4) is 0 Å². The molecule has 0 aliphatic carbocycles. The Balaban J connectivity index is 2.74. The third-order valence-electron chi connectivity index (χ3n) is 5.59. The van der Waals surface area contributed by atoms with Crippen molar-refractivity contribution in [2.24, 2.45) is 0 Å². The number of benzene rings is 1. The first-order chi connectivity index (χ1) is 11.6. The third kappa shape index (κ3) is 2.90. The first kappa shape index (κ1) is 19.4. The fraction of sp³-hybridized carbons (Fsp3) is 0.444. The van der Waals surface area contributed by atoms with Gasteiger partial charge in [0.1, 0.15) is 0 Å². The molecule has 0 spiro atoms. The molecule has 1 unspecified atom stereocenters. The van der Waals surface area contributed by atoms with Crippen molar-refractivity contribution >= 4 is 31.6 Å². The van der Waals surface area contributed by atoms with Gasteiger partial charge in [0.05, 0.1) is 0 Å². The summed E-state index contributed by atoms with van der Waals surface area (Å²) in [6.07, 6.45) is 0. The van der Waals surface area contributed by atoms with Crippen molar-refractivity contribution < 1.29 is 0 Å². The van der Waals surface area contributed by atoms with Gasteiger partial charge in [-0.1, -0.05) is 57.3 Å². The molecule has 0 radical (unpaired) electrons. The maximum atomic E-state index is 4.27. The van der Waals surface area contributed by atoms with Gasteiger partial charge in [-0.15, -0.1) is 13.2 Å². The van der Waals surface area contributed by atoms with Gasteiger partial charge in [0.15, 0.2) is 9.12 Å². The number of anilines is 1. The number of rotatable bonds is 7. The zero-order valence-electron chi connectivity index (χ0n) is 15.8. The Bertz CT molecular complexity index is 552. The van der Waals surface area contributed by atoms with Crippen LogP contribution in [0.5, 0.6) is 0 Å². The normalized spacial score (nSPS) is 23.0. The van der Waals surface area contributed by atoms with E-state index in [1.807, 2.05) is 0 Å². The molecule has 1 aliphatic rings. The summed E-state index contributed by atoms with van der Waals surface area (Å²) in [6, 6.07) is 14.7. The summed E-state index contributed by atoms with van der Waals surface area (Å²) in [7, 11) is -5.11. The summed E-state index contributed by atoms with van der Waals surface area (Å²) in [5, 5.41) is 0. The van der Waals surface area contributed by atoms with Crippen molar-refractivity contribution in [3.8, 4) is 0 Å². The van der Waals surface area contributed by atoms with Gasteiger partial charge in [0.2, 0.25) is 8.40 Å². The van der Waals surface area contributed by atoms with Crippen LogP contribution in [-0.4, -0.2) is 36.7 Å². The summed E-state index contributed by atoms with van der Waals surface area (Å²) < 4.78 is 9.83. The van der Waals surface area contributed by atoms with Crippen molar-refractivity contribution in [3.05, 3.63) is 54.9 Å². The number of para-hydroxylation sites is 1. The highest BCUT2D eigenvalue weighted by atomic mass is 28.5. The molecule has 1 fully saturated rings. The van der Waals surface area contributed by atoms with E-state index in [9.17, 15) is 0 Å². The molecule has 6 heteroatoms. The molecular weight excluding hydrogens is 342 g/mol. The molecule has 0 amide bonds. The van der Waals surface area contributed by atoms with Crippen LogP contribution in [0.25, 0.3) is 0 Å². The lowest BCUT2D eigenvalue weighted by Gasteiger charge is -2.62. The van der Waals surface area contributed by atoms with Gasteiger partial charge in [-0.2, -0.15) is 0 Å². The number of hydrogen-bond acceptors (Lipinski definition) is 3. The highest BCUT2D eigenvalue weighted by Crippen LogP contribution is 2.38. The van der Waals surface area contributed by atoms with E-state index in [0.717, 1.165) is 6.54 Å². The molecule has 0 aromatic heterocycles. The molecule has 0 saturated carbocycles. The molecule has 1 N–H and O–H groups in total. The van der Waals surface area contributed by atoms with E-state index in [4.69, 9.17) is 0 Å². The Labute approximate surface area is 152 Å². The van der Waals surface area contributed by atoms with Crippen LogP contribution in [0, 0.1) is 0 Å². The minimum atomic E-state index is -2.13. The highest BCUT2D eigenvalue weighted by molar-refractivity contribution is 7.12. The van der Waals surface area contributed by atoms with E-state index >= 15 is 0 Å². The maximum Gasteiger partial charge on any atom is 0.270 e. The van der Waals surface area contributed by atoms with Crippen LogP contribution >= 0.6 is 0 Å². The number of hydrogen-bond donors (Lipinski definition) is 1. The zero-order valence-corrected chi connectivity index (χ0v) is 18.9. The second-order valence-corrected chi connectivity index (χ2v) is 18.4. The van der Waals surface area contributed by atoms with Gasteiger partial charge in [0.25, 0.3) is 8.40 Å². The third-order valence-corrected chi connectivity index (χ3v) is 22.4. The van der Waals surface area contributed by atoms with Crippen molar-refractivity contribution in [1.29, 1.82) is 0 Å². The summed E-state index contributed by atoms with van der Waals surface area (Å²) in [4.78, 5) is 0. The van der Waals surface area contributed by atoms with E-state index in [1.165, 1.54) is 23.8 Å². The smallest absolute Gasteiger partial charge is 0.270 e. The second-order valence-electron chi connectivity index (χ2n) is 6.45. The lowest BCUT2D eigenvalue weighted by molar-refractivity contribution is 0.619. The summed E-state index contributed by atoms with van der Waals surface area (Å²) in [5.41, 5.74) is 5.76. The van der Waals surface area contributed by atoms with Crippen LogP contribution < -0.4 is 8.88 Å². The highest BCUT2D eigenvalue weighted by Gasteiger charge is 2.57. The zero-order chi connectivity index (χ0) is 17.8. The first-order valence-corrected chi connectivity index (χ1v) is 15.6. The van der Waals surface area contributed by atoms with Gasteiger partial charge in [-0.3, -0.25) is 0 Å². The van der Waals surface area contributed by atoms with Crippen LogP contribution in [-0.2, 0) is 0 Å². The molecule has 2 rings (SSSR count). The standard InChI is InChI=1S/C18H33N3Si3/c1-7-20-22(8-2)19-23(9-3,10-4)21(24(20,11-5)12-6)18-16-14-13-15-17-18/h9-10,13-17,19,22H,3-4,7-8,11-12H2,1-2,5-6H3. The van der Waals surface area contributed by atoms with Gasteiger partial charge >= 0.3 is 0 Å². The number of nitrogens with zero attached hydrogens (tertiary/aromatic N) is 2. The molecule has 0 bridgehead atoms. The molecule has 1 heterocycles. The topological polar surface area (TPSA) is 18.5 Å². The molecule has 1 atom stereocenters. The largest absolute Gasteiger partial charge is 0.395 e. The Morgan fingerprint density at radius 3 is 2.04 bits per heavy atom. The molecule has 1 aromatic rings. The molecule has 1 aliphatic heterocycles. The molecule has 132 valence electrons. The maximum absolute atomic E-state index is 4.27. The van der Waals surface area contributed by atoms with Gasteiger partial charge < -0.3 is 13.1 Å². The monoisotopic (exact) mass is 375 g/mol. The van der Waals surface area contributed by atoms with Crippen LogP contribution in [0.2, 0.25) is 18.1 Å². The molecular formula is C18H33N3Si3. The Kier molecular flexibility index (Phi) is 6.44. The fourth-order valence-electron chi connectivity index (χ4n) is 4.40. The molecule has 1 aromatic carbocycles. The Hall–Kier alpha value is -0.929. The molecule has 24 heavy (non-hydrogen) atoms. The van der Waals surface area contributed by atoms with Gasteiger partial charge in [-0.25, -0.2) is 0 Å². The summed E-state index contributed by atoms with van der Waals surface area (Å²) >= 11 is 0. The van der Waals surface area contributed by atoms with E-state index in [2.05, 4.69) is 95.7 Å². The van der Waals surface area contributed by atoms with Crippen LogP contribution in [0.4, 0.5) is 5.69 Å². The minimum Gasteiger partial charge on any atom is -0.395 e. The average molecular weight is 376 g/mol. The van der Waals surface area contributed by atoms with E-state index in [1.54, 1.807) is 0 Å². The van der Waals surface area contributed by atoms with Crippen molar-refractivity contribution in [1.82, 2.24) is 8.88 Å². The van der Waals surface area contributed by atoms with E-state index in [-0.39, 0.29) is 0 Å². The predicted molar refractivity (Wildman–Crippen MR) is 115 cm³/mol. The molecule has 3 nitrogen and oxygen atoms in total. The fourth-order valence-corrected chi connectivity index (χ4v) is 25.3. The lowest BCUT2D eigenvalue weighted by Crippen LogP contribution is -2.88. The minimum absolute atomic E-state index is 1.15. The van der Waals surface area contributed by atoms with Gasteiger partial charge in [-0.05, 0) is 36.8 Å². The van der Waals surface area contributed by atoms with Crippen LogP contribution in [0.1, 0.15) is 27.7 Å². The van der Waals surface area contributed by atoms with E-state index < -0.39 is 25.9 Å². The molecule has 1 saturated heterocycles. The number of nitrogens with one attached hydrogen (secondary N) is 1. The Morgan fingerprint density at radius 1 is 1.04 bits per heavy atom. The summed E-state index contributed by atoms with van der Waals surface area (Å²) in [5.74, 6) is 0. The predicted octanol–water partition coefficient (Wildman–Crippen LogP) is 4.03. The lowest BCUT2D eigenvalue weighted by atomic mass is 10.3. The first-order valence-electron chi connectivity index (χ1n) is 9.26. The Morgan fingerprint density at radius 2 is 1.62 bits per heavy atom. The van der Waals surface area contributed by atoms with Crippen molar-refractivity contribution in [3.63, 3.8) is 0 Å². The summed E-state index contributed by atoms with van der Waals surface area (Å²) in [6.45, 7) is 19.2. The SMILES string of the molecule is C=C[Si]1(C=C)N[SiH](CC)N(CC)[Si](CC)(CC)N1c1ccccc1. The van der Waals surface area contributed by atoms with E-state index in [0.29, 0.717) is 0 Å². The average Bonchev–Trinajstić information content (AvgIpc) is 2.66. The quantitative estimate of drug-likeness (QED) is 0.726. The van der Waals surface area contributed by atoms with Gasteiger partial charge in [0, 0.05) is 5.69 Å². The second kappa shape index (κ2) is 7.97. The van der Waals surface area contributed by atoms with Crippen LogP contribution in [0.15, 0.2) is 54.9 Å².